The van der Waals surface area contributed by atoms with Crippen molar-refractivity contribution in [3.63, 3.8) is 0 Å². The predicted octanol–water partition coefficient (Wildman–Crippen LogP) is 0.462. The molecule has 2 N–H and O–H groups in total. The van der Waals surface area contributed by atoms with Crippen LogP contribution in [0.2, 0.25) is 0 Å². The highest BCUT2D eigenvalue weighted by atomic mass is 16.6. The number of rotatable bonds is 4. The molecule has 2 atom stereocenters. The standard InChI is InChI=1S/C12H21NO4/c13-7-10-1-2-11(17-10)12(14)16-8-9-3-5-15-6-4-9/h9-11H,1-8,13H2. The molecule has 2 fully saturated rings. The molecule has 0 aromatic heterocycles. The summed E-state index contributed by atoms with van der Waals surface area (Å²) in [5, 5.41) is 0. The van der Waals surface area contributed by atoms with Crippen molar-refractivity contribution in [1.29, 1.82) is 0 Å². The van der Waals surface area contributed by atoms with Gasteiger partial charge in [0.15, 0.2) is 6.10 Å². The fourth-order valence-corrected chi connectivity index (χ4v) is 2.26. The summed E-state index contributed by atoms with van der Waals surface area (Å²) in [6.45, 7) is 2.52. The van der Waals surface area contributed by atoms with Gasteiger partial charge in [0, 0.05) is 19.8 Å². The van der Waals surface area contributed by atoms with Crippen LogP contribution in [-0.2, 0) is 19.0 Å². The lowest BCUT2D eigenvalue weighted by Gasteiger charge is -2.22. The van der Waals surface area contributed by atoms with Crippen LogP contribution in [0.5, 0.6) is 0 Å². The second kappa shape index (κ2) is 6.33. The zero-order chi connectivity index (χ0) is 12.1. The van der Waals surface area contributed by atoms with Crippen LogP contribution in [0, 0.1) is 5.92 Å². The van der Waals surface area contributed by atoms with Crippen LogP contribution >= 0.6 is 0 Å². The molecule has 2 unspecified atom stereocenters. The van der Waals surface area contributed by atoms with Crippen LogP contribution in [0.15, 0.2) is 0 Å². The normalized spacial score (nSPS) is 30.4. The van der Waals surface area contributed by atoms with E-state index in [1.807, 2.05) is 0 Å². The summed E-state index contributed by atoms with van der Waals surface area (Å²) in [7, 11) is 0. The molecule has 2 rings (SSSR count). The van der Waals surface area contributed by atoms with Crippen molar-refractivity contribution >= 4 is 5.97 Å². The van der Waals surface area contributed by atoms with Crippen LogP contribution in [-0.4, -0.2) is 44.5 Å². The van der Waals surface area contributed by atoms with E-state index in [0.717, 1.165) is 38.9 Å². The average Bonchev–Trinajstić information content (AvgIpc) is 2.86. The highest BCUT2D eigenvalue weighted by Crippen LogP contribution is 2.21. The van der Waals surface area contributed by atoms with Gasteiger partial charge in [0.1, 0.15) is 0 Å². The Morgan fingerprint density at radius 3 is 2.65 bits per heavy atom. The lowest BCUT2D eigenvalue weighted by Crippen LogP contribution is -2.29. The minimum absolute atomic E-state index is 0.0237. The topological polar surface area (TPSA) is 70.8 Å². The predicted molar refractivity (Wildman–Crippen MR) is 61.5 cm³/mol. The smallest absolute Gasteiger partial charge is 0.335 e. The Kier molecular flexibility index (Phi) is 4.76. The SMILES string of the molecule is NCC1CCC(C(=O)OCC2CCOCC2)O1. The molecule has 0 amide bonds. The van der Waals surface area contributed by atoms with Crippen molar-refractivity contribution in [1.82, 2.24) is 0 Å². The monoisotopic (exact) mass is 243 g/mol. The molecule has 0 aliphatic carbocycles. The molecule has 5 heteroatoms. The average molecular weight is 243 g/mol. The van der Waals surface area contributed by atoms with Gasteiger partial charge in [0.25, 0.3) is 0 Å². The van der Waals surface area contributed by atoms with Gasteiger partial charge in [0.2, 0.25) is 0 Å². The Balaban J connectivity index is 1.66. The molecule has 2 aliphatic rings. The molecule has 0 radical (unpaired) electrons. The van der Waals surface area contributed by atoms with E-state index in [1.54, 1.807) is 0 Å². The van der Waals surface area contributed by atoms with Gasteiger partial charge in [-0.25, -0.2) is 4.79 Å². The van der Waals surface area contributed by atoms with E-state index < -0.39 is 6.10 Å². The summed E-state index contributed by atoms with van der Waals surface area (Å²) in [4.78, 5) is 11.7. The third kappa shape index (κ3) is 3.66. The van der Waals surface area contributed by atoms with Crippen molar-refractivity contribution in [2.45, 2.75) is 37.9 Å². The third-order valence-electron chi connectivity index (χ3n) is 3.44. The summed E-state index contributed by atoms with van der Waals surface area (Å²) in [5.41, 5.74) is 5.50. The molecule has 2 heterocycles. The van der Waals surface area contributed by atoms with Crippen LogP contribution in [0.25, 0.3) is 0 Å². The van der Waals surface area contributed by atoms with E-state index in [0.29, 0.717) is 19.1 Å². The minimum atomic E-state index is -0.400. The first-order valence-corrected chi connectivity index (χ1v) is 6.39. The van der Waals surface area contributed by atoms with E-state index in [4.69, 9.17) is 19.9 Å². The zero-order valence-electron chi connectivity index (χ0n) is 10.1. The number of carbonyl (C=O) groups is 1. The van der Waals surface area contributed by atoms with Crippen molar-refractivity contribution < 1.29 is 19.0 Å². The first-order valence-electron chi connectivity index (χ1n) is 6.39. The first kappa shape index (κ1) is 12.8. The van der Waals surface area contributed by atoms with E-state index >= 15 is 0 Å². The van der Waals surface area contributed by atoms with Crippen LogP contribution in [0.4, 0.5) is 0 Å². The lowest BCUT2D eigenvalue weighted by atomic mass is 10.0. The summed E-state index contributed by atoms with van der Waals surface area (Å²) >= 11 is 0. The molecule has 0 saturated carbocycles. The summed E-state index contributed by atoms with van der Waals surface area (Å²) in [6, 6.07) is 0. The molecule has 2 aliphatic heterocycles. The largest absolute Gasteiger partial charge is 0.463 e. The van der Waals surface area contributed by atoms with Gasteiger partial charge >= 0.3 is 5.97 Å². The molecule has 0 spiro atoms. The molecule has 98 valence electrons. The van der Waals surface area contributed by atoms with Crippen molar-refractivity contribution in [2.75, 3.05) is 26.4 Å². The summed E-state index contributed by atoms with van der Waals surface area (Å²) in [6.07, 6.45) is 3.16. The number of hydrogen-bond acceptors (Lipinski definition) is 5. The van der Waals surface area contributed by atoms with Gasteiger partial charge in [-0.2, -0.15) is 0 Å². The Hall–Kier alpha value is -0.650. The molecule has 5 nitrogen and oxygen atoms in total. The molecule has 0 bridgehead atoms. The summed E-state index contributed by atoms with van der Waals surface area (Å²) < 4.78 is 16.0. The van der Waals surface area contributed by atoms with Gasteiger partial charge in [-0.1, -0.05) is 0 Å². The lowest BCUT2D eigenvalue weighted by molar-refractivity contribution is -0.158. The highest BCUT2D eigenvalue weighted by molar-refractivity contribution is 5.75. The molecular formula is C12H21NO4. The second-order valence-electron chi connectivity index (χ2n) is 4.75. The highest BCUT2D eigenvalue weighted by Gasteiger charge is 2.31. The van der Waals surface area contributed by atoms with E-state index in [1.165, 1.54) is 0 Å². The maximum atomic E-state index is 11.7. The van der Waals surface area contributed by atoms with Crippen molar-refractivity contribution in [2.24, 2.45) is 11.7 Å². The van der Waals surface area contributed by atoms with Crippen LogP contribution in [0.3, 0.4) is 0 Å². The maximum absolute atomic E-state index is 11.7. The van der Waals surface area contributed by atoms with Gasteiger partial charge in [-0.15, -0.1) is 0 Å². The van der Waals surface area contributed by atoms with Crippen molar-refractivity contribution in [3.05, 3.63) is 0 Å². The molecule has 2 saturated heterocycles. The zero-order valence-corrected chi connectivity index (χ0v) is 10.1. The van der Waals surface area contributed by atoms with E-state index in [2.05, 4.69) is 0 Å². The minimum Gasteiger partial charge on any atom is -0.463 e. The van der Waals surface area contributed by atoms with Gasteiger partial charge in [-0.05, 0) is 31.6 Å². The third-order valence-corrected chi connectivity index (χ3v) is 3.44. The Morgan fingerprint density at radius 2 is 2.00 bits per heavy atom. The van der Waals surface area contributed by atoms with E-state index in [9.17, 15) is 4.79 Å². The van der Waals surface area contributed by atoms with Gasteiger partial charge in [0.05, 0.1) is 12.7 Å². The number of hydrogen-bond donors (Lipinski definition) is 1. The Morgan fingerprint density at radius 1 is 1.24 bits per heavy atom. The molecule has 0 aromatic carbocycles. The Bertz CT molecular complexity index is 253. The number of ether oxygens (including phenoxy) is 3. The van der Waals surface area contributed by atoms with Crippen LogP contribution in [0.1, 0.15) is 25.7 Å². The fourth-order valence-electron chi connectivity index (χ4n) is 2.26. The molecule has 0 aromatic rings. The van der Waals surface area contributed by atoms with Crippen molar-refractivity contribution in [3.8, 4) is 0 Å². The molecule has 17 heavy (non-hydrogen) atoms. The van der Waals surface area contributed by atoms with Gasteiger partial charge < -0.3 is 19.9 Å². The maximum Gasteiger partial charge on any atom is 0.335 e. The van der Waals surface area contributed by atoms with Crippen LogP contribution < -0.4 is 5.73 Å². The number of carbonyl (C=O) groups excluding carboxylic acids is 1. The first-order chi connectivity index (χ1) is 8.29. The van der Waals surface area contributed by atoms with Gasteiger partial charge in [-0.3, -0.25) is 0 Å². The fraction of sp³-hybridized carbons (Fsp3) is 0.917. The number of nitrogens with two attached hydrogens (primary N) is 1. The summed E-state index contributed by atoms with van der Waals surface area (Å²) in [5.74, 6) is 0.215. The number of esters is 1. The quantitative estimate of drug-likeness (QED) is 0.726. The molecular weight excluding hydrogens is 222 g/mol. The Labute approximate surface area is 102 Å². The van der Waals surface area contributed by atoms with E-state index in [-0.39, 0.29) is 12.1 Å². The second-order valence-corrected chi connectivity index (χ2v) is 4.75.